The summed E-state index contributed by atoms with van der Waals surface area (Å²) in [5.41, 5.74) is 2.56. The SMILES string of the molecule is O=C(O)C[C@H](NC(=O)CCCCCCC[n+]1ccn2ncccc21)C(=O)N[C@@H](Cc1c[nH]c2ccccc12)C(=O)O. The van der Waals surface area contributed by atoms with Gasteiger partial charge in [-0.1, -0.05) is 36.1 Å². The molecule has 2 amide bonds. The highest BCUT2D eigenvalue weighted by Gasteiger charge is 2.29. The van der Waals surface area contributed by atoms with Crippen molar-refractivity contribution in [1.29, 1.82) is 0 Å². The molecule has 0 radical (unpaired) electrons. The smallest absolute Gasteiger partial charge is 0.326 e. The molecule has 4 rings (SSSR count). The number of para-hydroxylation sites is 1. The number of nitrogens with zero attached hydrogens (tertiary/aromatic N) is 3. The van der Waals surface area contributed by atoms with Crippen LogP contribution < -0.4 is 15.2 Å². The van der Waals surface area contributed by atoms with Gasteiger partial charge in [-0.25, -0.2) is 9.36 Å². The molecule has 4 aromatic rings. The van der Waals surface area contributed by atoms with Gasteiger partial charge in [0, 0.05) is 36.0 Å². The van der Waals surface area contributed by atoms with E-state index in [1.807, 2.05) is 53.3 Å². The summed E-state index contributed by atoms with van der Waals surface area (Å²) in [5.74, 6) is -3.83. The summed E-state index contributed by atoms with van der Waals surface area (Å²) in [5, 5.41) is 29.0. The van der Waals surface area contributed by atoms with Crippen LogP contribution in [0.15, 0.2) is 61.2 Å². The lowest BCUT2D eigenvalue weighted by molar-refractivity contribution is -0.671. The van der Waals surface area contributed by atoms with Crippen molar-refractivity contribution in [3.05, 3.63) is 66.7 Å². The molecule has 3 heterocycles. The third-order valence-electron chi connectivity index (χ3n) is 6.99. The Balaban J connectivity index is 1.21. The van der Waals surface area contributed by atoms with E-state index in [2.05, 4.69) is 25.3 Å². The van der Waals surface area contributed by atoms with E-state index < -0.39 is 42.3 Å². The number of imidazole rings is 1. The van der Waals surface area contributed by atoms with Gasteiger partial charge in [0.05, 0.1) is 19.2 Å². The monoisotopic (exact) mass is 563 g/mol. The Labute approximate surface area is 236 Å². The van der Waals surface area contributed by atoms with E-state index in [0.29, 0.717) is 12.0 Å². The maximum absolute atomic E-state index is 12.9. The first-order valence-corrected chi connectivity index (χ1v) is 13.7. The number of aliphatic carboxylic acids is 2. The van der Waals surface area contributed by atoms with Crippen LogP contribution in [0.2, 0.25) is 0 Å². The number of aromatic amines is 1. The van der Waals surface area contributed by atoms with E-state index in [1.54, 1.807) is 12.4 Å². The summed E-state index contributed by atoms with van der Waals surface area (Å²) in [7, 11) is 0. The zero-order valence-electron chi connectivity index (χ0n) is 22.7. The molecule has 0 spiro atoms. The van der Waals surface area contributed by atoms with E-state index in [-0.39, 0.29) is 12.8 Å². The number of carbonyl (C=O) groups excluding carboxylic acids is 2. The van der Waals surface area contributed by atoms with E-state index in [1.165, 1.54) is 0 Å². The Morgan fingerprint density at radius 3 is 2.54 bits per heavy atom. The molecule has 0 fully saturated rings. The zero-order valence-corrected chi connectivity index (χ0v) is 22.7. The summed E-state index contributed by atoms with van der Waals surface area (Å²) < 4.78 is 3.96. The Morgan fingerprint density at radius 1 is 0.951 bits per heavy atom. The molecule has 0 bridgehead atoms. The van der Waals surface area contributed by atoms with Gasteiger partial charge in [0.15, 0.2) is 6.20 Å². The zero-order chi connectivity index (χ0) is 29.2. The number of fused-ring (bicyclic) bond motifs is 2. The molecule has 0 aliphatic heterocycles. The van der Waals surface area contributed by atoms with Crippen molar-refractivity contribution in [2.75, 3.05) is 0 Å². The minimum absolute atomic E-state index is 0.00485. The number of unbranched alkanes of at least 4 members (excludes halogenated alkanes) is 4. The van der Waals surface area contributed by atoms with Gasteiger partial charge < -0.3 is 25.8 Å². The number of carboxylic acid groups (broad SMARTS) is 2. The predicted molar refractivity (Wildman–Crippen MR) is 149 cm³/mol. The molecular weight excluding hydrogens is 528 g/mol. The lowest BCUT2D eigenvalue weighted by atomic mass is 10.0. The van der Waals surface area contributed by atoms with Crippen molar-refractivity contribution in [2.24, 2.45) is 0 Å². The molecule has 0 unspecified atom stereocenters. The Bertz CT molecular complexity index is 1510. The van der Waals surface area contributed by atoms with Crippen LogP contribution in [0.3, 0.4) is 0 Å². The highest BCUT2D eigenvalue weighted by atomic mass is 16.4. The van der Waals surface area contributed by atoms with Crippen LogP contribution in [-0.2, 0) is 32.1 Å². The predicted octanol–water partition coefficient (Wildman–Crippen LogP) is 2.22. The highest BCUT2D eigenvalue weighted by molar-refractivity contribution is 5.93. The second-order valence-electron chi connectivity index (χ2n) is 10.0. The summed E-state index contributed by atoms with van der Waals surface area (Å²) in [6.07, 6.45) is 11.1. The molecular formula is C29H35N6O6+. The van der Waals surface area contributed by atoms with Crippen LogP contribution in [0.4, 0.5) is 0 Å². The molecule has 0 aliphatic carbocycles. The van der Waals surface area contributed by atoms with Crippen molar-refractivity contribution in [2.45, 2.75) is 70.0 Å². The summed E-state index contributed by atoms with van der Waals surface area (Å²) >= 11 is 0. The number of carbonyl (C=O) groups is 4. The molecule has 12 nitrogen and oxygen atoms in total. The fourth-order valence-electron chi connectivity index (χ4n) is 4.87. The van der Waals surface area contributed by atoms with Gasteiger partial charge in [0.25, 0.3) is 0 Å². The number of rotatable bonds is 16. The maximum Gasteiger partial charge on any atom is 0.326 e. The molecule has 0 aliphatic rings. The average Bonchev–Trinajstić information content (AvgIpc) is 3.55. The number of nitrogens with one attached hydrogen (secondary N) is 3. The number of hydrogen-bond acceptors (Lipinski definition) is 5. The van der Waals surface area contributed by atoms with Gasteiger partial charge in [-0.15, -0.1) is 4.52 Å². The summed E-state index contributed by atoms with van der Waals surface area (Å²) in [6, 6.07) is 8.61. The van der Waals surface area contributed by atoms with Crippen molar-refractivity contribution < 1.29 is 34.0 Å². The van der Waals surface area contributed by atoms with Crippen LogP contribution in [0.1, 0.15) is 50.5 Å². The Morgan fingerprint density at radius 2 is 1.73 bits per heavy atom. The molecule has 0 saturated heterocycles. The van der Waals surface area contributed by atoms with E-state index in [0.717, 1.165) is 48.8 Å². The third-order valence-corrected chi connectivity index (χ3v) is 6.99. The summed E-state index contributed by atoms with van der Waals surface area (Å²) in [4.78, 5) is 51.7. The van der Waals surface area contributed by atoms with Crippen molar-refractivity contribution >= 4 is 40.3 Å². The second kappa shape index (κ2) is 14.1. The molecule has 216 valence electrons. The molecule has 12 heteroatoms. The number of benzene rings is 1. The lowest BCUT2D eigenvalue weighted by Crippen LogP contribution is -2.52. The van der Waals surface area contributed by atoms with Gasteiger partial charge in [0.1, 0.15) is 18.3 Å². The first-order valence-electron chi connectivity index (χ1n) is 13.7. The number of H-pyrrole nitrogens is 1. The van der Waals surface area contributed by atoms with Crippen molar-refractivity contribution in [3.63, 3.8) is 0 Å². The van der Waals surface area contributed by atoms with Crippen molar-refractivity contribution in [1.82, 2.24) is 25.2 Å². The molecule has 2 atom stereocenters. The summed E-state index contributed by atoms with van der Waals surface area (Å²) in [6.45, 7) is 0.867. The standard InChI is InChI=1S/C29H34N6O6/c36-25(11-4-2-1-3-7-14-34-15-16-35-26(34)12-8-13-31-35)32-23(18-27(37)38)28(39)33-24(29(40)41)17-20-19-30-22-10-6-5-9-21(20)22/h5-6,8-10,12-13,15-16,19,23-24,30H,1-4,7,11,14,17-18H2,(H3-,32,33,36,37,38,39,40,41)/p+1/t23-,24-/m0/s1. The van der Waals surface area contributed by atoms with Crippen LogP contribution in [-0.4, -0.2) is 60.6 Å². The topological polar surface area (TPSA) is 170 Å². The number of amides is 2. The molecule has 3 aromatic heterocycles. The van der Waals surface area contributed by atoms with E-state index in [9.17, 15) is 29.4 Å². The molecule has 1 aromatic carbocycles. The van der Waals surface area contributed by atoms with E-state index >= 15 is 0 Å². The van der Waals surface area contributed by atoms with Crippen LogP contribution in [0.5, 0.6) is 0 Å². The Kier molecular flexibility index (Phi) is 10.0. The minimum Gasteiger partial charge on any atom is -0.481 e. The van der Waals surface area contributed by atoms with Crippen LogP contribution in [0.25, 0.3) is 16.6 Å². The van der Waals surface area contributed by atoms with Gasteiger partial charge >= 0.3 is 17.6 Å². The number of hydrogen-bond donors (Lipinski definition) is 5. The molecule has 0 saturated carbocycles. The average molecular weight is 564 g/mol. The Hall–Kier alpha value is -4.74. The van der Waals surface area contributed by atoms with Crippen LogP contribution >= 0.6 is 0 Å². The highest BCUT2D eigenvalue weighted by Crippen LogP contribution is 2.19. The number of carboxylic acids is 2. The first kappa shape index (κ1) is 29.2. The quantitative estimate of drug-likeness (QED) is 0.103. The maximum atomic E-state index is 12.9. The molecule has 41 heavy (non-hydrogen) atoms. The number of aromatic nitrogens is 4. The van der Waals surface area contributed by atoms with Gasteiger partial charge in [-0.2, -0.15) is 0 Å². The lowest BCUT2D eigenvalue weighted by Gasteiger charge is -2.20. The fraction of sp³-hybridized carbons (Fsp3) is 0.379. The fourth-order valence-corrected chi connectivity index (χ4v) is 4.87. The second-order valence-corrected chi connectivity index (χ2v) is 10.0. The van der Waals surface area contributed by atoms with Gasteiger partial charge in [-0.3, -0.25) is 14.4 Å². The minimum atomic E-state index is -1.38. The molecule has 5 N–H and O–H groups in total. The largest absolute Gasteiger partial charge is 0.481 e. The normalized spacial score (nSPS) is 12.7. The third kappa shape index (κ3) is 8.13. The van der Waals surface area contributed by atoms with Crippen molar-refractivity contribution in [3.8, 4) is 0 Å². The first-order chi connectivity index (χ1) is 19.8. The van der Waals surface area contributed by atoms with Crippen LogP contribution in [0, 0.1) is 0 Å². The number of aryl methyl sites for hydroxylation is 1. The van der Waals surface area contributed by atoms with E-state index in [4.69, 9.17) is 0 Å². The van der Waals surface area contributed by atoms with Gasteiger partial charge in [0.2, 0.25) is 11.8 Å². The van der Waals surface area contributed by atoms with Gasteiger partial charge in [-0.05, 0) is 37.0 Å².